The molecular formula is C28H42O10PS2-. The van der Waals surface area contributed by atoms with Crippen LogP contribution in [-0.4, -0.2) is 43.2 Å². The Morgan fingerprint density at radius 2 is 1.51 bits per heavy atom. The predicted octanol–water partition coefficient (Wildman–Crippen LogP) is 6.08. The number of carbonyl (C=O) groups excluding carboxylic acids is 1. The van der Waals surface area contributed by atoms with Gasteiger partial charge < -0.3 is 13.8 Å². The van der Waals surface area contributed by atoms with Crippen molar-refractivity contribution >= 4 is 34.2 Å². The van der Waals surface area contributed by atoms with Crippen molar-refractivity contribution in [2.45, 2.75) is 109 Å². The van der Waals surface area contributed by atoms with Gasteiger partial charge >= 0.3 is 14.0 Å². The minimum atomic E-state index is -4.90. The van der Waals surface area contributed by atoms with E-state index in [-0.39, 0.29) is 17.4 Å². The van der Waals surface area contributed by atoms with Gasteiger partial charge in [0.25, 0.3) is 5.49 Å². The number of unbranched alkanes of at least 4 members (excludes halogenated alkanes) is 1. The Hall–Kier alpha value is -1.59. The van der Waals surface area contributed by atoms with E-state index >= 15 is 0 Å². The Kier molecular flexibility index (Phi) is 11.8. The summed E-state index contributed by atoms with van der Waals surface area (Å²) in [6.45, 7) is 5.97. The van der Waals surface area contributed by atoms with Crippen molar-refractivity contribution in [3.05, 3.63) is 23.3 Å². The molecule has 3 rings (SSSR count). The van der Waals surface area contributed by atoms with Crippen molar-refractivity contribution in [2.75, 3.05) is 11.2 Å². The lowest BCUT2D eigenvalue weighted by Gasteiger charge is -2.36. The third-order valence-electron chi connectivity index (χ3n) is 8.52. The van der Waals surface area contributed by atoms with E-state index in [0.717, 1.165) is 32.1 Å². The number of benzene rings is 1. The molecule has 0 aromatic heterocycles. The van der Waals surface area contributed by atoms with Crippen LogP contribution in [-0.2, 0) is 35.0 Å². The number of hydrogen-bond acceptors (Lipinski definition) is 10. The van der Waals surface area contributed by atoms with E-state index in [1.54, 1.807) is 12.1 Å². The van der Waals surface area contributed by atoms with Gasteiger partial charge in [0.2, 0.25) is 0 Å². The molecule has 1 aromatic carbocycles. The molecule has 0 saturated heterocycles. The standard InChI is InChI=1S/C28H43O10PS2/c1-4-5-15-28(2,3)23-16-24(37-26(29)18-40(31,32)33)27(25(17-23)38-39(30)19-41(34,35)36)22-13-11-21(12-14-22)20-9-7-6-8-10-20/h16-17,20-22H,4-15,18-19H2,1-3H3,(H-,31,32,33,34,35,36)/p-1. The maximum Gasteiger partial charge on any atom is 0.571 e. The second kappa shape index (κ2) is 14.3. The highest BCUT2D eigenvalue weighted by Crippen LogP contribution is 2.50. The topological polar surface area (TPSA) is 167 Å². The molecule has 1 atom stereocenters. The zero-order valence-electron chi connectivity index (χ0n) is 24.1. The summed E-state index contributed by atoms with van der Waals surface area (Å²) in [5.41, 5.74) is -0.677. The fraction of sp³-hybridized carbons (Fsp3) is 0.750. The van der Waals surface area contributed by atoms with Gasteiger partial charge in [0, 0.05) is 5.56 Å². The Morgan fingerprint density at radius 1 is 0.927 bits per heavy atom. The van der Waals surface area contributed by atoms with Gasteiger partial charge in [0.05, 0.1) is 0 Å². The minimum absolute atomic E-state index is 0.00483. The van der Waals surface area contributed by atoms with E-state index in [4.69, 9.17) is 9.26 Å². The molecule has 232 valence electrons. The molecule has 2 saturated carbocycles. The minimum Gasteiger partial charge on any atom is -0.748 e. The van der Waals surface area contributed by atoms with Gasteiger partial charge in [-0.2, -0.15) is 0 Å². The molecule has 2 aliphatic rings. The van der Waals surface area contributed by atoms with E-state index in [0.29, 0.717) is 35.8 Å². The lowest BCUT2D eigenvalue weighted by molar-refractivity contribution is -0.131. The Balaban J connectivity index is 2.05. The highest BCUT2D eigenvalue weighted by molar-refractivity contribution is 7.91. The van der Waals surface area contributed by atoms with E-state index in [2.05, 4.69) is 0 Å². The van der Waals surface area contributed by atoms with Crippen molar-refractivity contribution in [2.24, 2.45) is 11.8 Å². The molecule has 1 unspecified atom stereocenters. The van der Waals surface area contributed by atoms with Crippen LogP contribution in [0, 0.1) is 11.8 Å². The average Bonchev–Trinajstić information content (AvgIpc) is 2.86. The Morgan fingerprint density at radius 3 is 2.07 bits per heavy atom. The van der Waals surface area contributed by atoms with Crippen LogP contribution in [0.1, 0.15) is 115 Å². The normalized spacial score (nSPS) is 21.3. The van der Waals surface area contributed by atoms with Crippen LogP contribution in [0.3, 0.4) is 0 Å². The third-order valence-corrected chi connectivity index (χ3v) is 11.6. The number of carbonyl (C=O) groups is 1. The lowest BCUT2D eigenvalue weighted by Crippen LogP contribution is -2.25. The van der Waals surface area contributed by atoms with Gasteiger partial charge in [-0.1, -0.05) is 65.7 Å². The van der Waals surface area contributed by atoms with E-state index in [1.807, 2.05) is 20.8 Å². The number of esters is 1. The molecule has 2 aliphatic carbocycles. The highest BCUT2D eigenvalue weighted by Gasteiger charge is 2.36. The van der Waals surface area contributed by atoms with Gasteiger partial charge in [-0.15, -0.1) is 0 Å². The smallest absolute Gasteiger partial charge is 0.571 e. The molecule has 0 radical (unpaired) electrons. The predicted molar refractivity (Wildman–Crippen MR) is 153 cm³/mol. The summed E-state index contributed by atoms with van der Waals surface area (Å²) in [5, 5.41) is 0. The number of ether oxygens (including phenoxy) is 1. The maximum atomic E-state index is 12.7. The highest BCUT2D eigenvalue weighted by atomic mass is 32.2. The number of rotatable bonds is 13. The van der Waals surface area contributed by atoms with Crippen LogP contribution in [0.25, 0.3) is 0 Å². The summed E-state index contributed by atoms with van der Waals surface area (Å²) < 4.78 is 91.7. The first-order chi connectivity index (χ1) is 19.1. The largest absolute Gasteiger partial charge is 0.748 e. The fourth-order valence-corrected chi connectivity index (χ4v) is 8.33. The number of hydrogen-bond donors (Lipinski definition) is 0. The maximum absolute atomic E-state index is 12.7. The van der Waals surface area contributed by atoms with Crippen LogP contribution in [0.4, 0.5) is 0 Å². The van der Waals surface area contributed by atoms with Gasteiger partial charge in [-0.25, -0.2) is 16.8 Å². The van der Waals surface area contributed by atoms with E-state index < -0.39 is 50.9 Å². The van der Waals surface area contributed by atoms with Crippen molar-refractivity contribution in [1.29, 1.82) is 0 Å². The Labute approximate surface area is 245 Å². The van der Waals surface area contributed by atoms with Crippen molar-refractivity contribution in [3.63, 3.8) is 0 Å². The molecule has 0 bridgehead atoms. The second-order valence-electron chi connectivity index (χ2n) is 12.2. The quantitative estimate of drug-likeness (QED) is 0.107. The van der Waals surface area contributed by atoms with Crippen molar-refractivity contribution in [1.82, 2.24) is 0 Å². The second-order valence-corrected chi connectivity index (χ2v) is 16.6. The van der Waals surface area contributed by atoms with Crippen LogP contribution in [0.2, 0.25) is 0 Å². The first kappa shape index (κ1) is 33.9. The molecule has 0 aliphatic heterocycles. The van der Waals surface area contributed by atoms with Gasteiger partial charge in [-0.05, 0) is 77.5 Å². The lowest BCUT2D eigenvalue weighted by atomic mass is 9.69. The fourth-order valence-electron chi connectivity index (χ4n) is 6.36. The van der Waals surface area contributed by atoms with E-state index in [9.17, 15) is 35.3 Å². The third kappa shape index (κ3) is 10.6. The van der Waals surface area contributed by atoms with Crippen LogP contribution >= 0.6 is 8.03 Å². The summed E-state index contributed by atoms with van der Waals surface area (Å²) in [4.78, 5) is 12.6. The van der Waals surface area contributed by atoms with Gasteiger partial charge in [0.1, 0.15) is 31.7 Å². The van der Waals surface area contributed by atoms with Crippen LogP contribution in [0.5, 0.6) is 11.5 Å². The molecule has 0 N–H and O–H groups in total. The average molecular weight is 634 g/mol. The monoisotopic (exact) mass is 633 g/mol. The molecule has 10 nitrogen and oxygen atoms in total. The summed E-state index contributed by atoms with van der Waals surface area (Å²) in [7, 11) is -12.7. The molecule has 0 heterocycles. The molecular weight excluding hydrogens is 591 g/mol. The van der Waals surface area contributed by atoms with Crippen LogP contribution < -0.4 is 9.26 Å². The Bertz CT molecular complexity index is 1220. The summed E-state index contributed by atoms with van der Waals surface area (Å²) in [6, 6.07) is 3.29. The van der Waals surface area contributed by atoms with Crippen molar-refractivity contribution < 1.29 is 44.6 Å². The molecule has 13 heteroatoms. The molecule has 1 aromatic rings. The molecule has 41 heavy (non-hydrogen) atoms. The molecule has 0 amide bonds. The summed E-state index contributed by atoms with van der Waals surface area (Å²) in [5.74, 6) is -1.55. The zero-order valence-corrected chi connectivity index (χ0v) is 26.7. The molecule has 2 fully saturated rings. The first-order valence-corrected chi connectivity index (χ1v) is 19.0. The van der Waals surface area contributed by atoms with E-state index in [1.165, 1.54) is 32.1 Å². The van der Waals surface area contributed by atoms with Crippen LogP contribution in [0.15, 0.2) is 12.1 Å². The van der Waals surface area contributed by atoms with Gasteiger partial charge in [0.15, 0.2) is 5.75 Å². The SMILES string of the molecule is CCCCC(C)(C)c1cc(OC(=O)CS(=O)(=O)[O-])c(C2CCC(C3CCCCC3)CC2)c(O[P+](=O)CS(=O)(=O)[O-])c1. The summed E-state index contributed by atoms with van der Waals surface area (Å²) >= 11 is 0. The first-order valence-electron chi connectivity index (χ1n) is 14.5. The summed E-state index contributed by atoms with van der Waals surface area (Å²) in [6.07, 6.45) is 11.9. The zero-order chi connectivity index (χ0) is 30.4. The van der Waals surface area contributed by atoms with Crippen molar-refractivity contribution in [3.8, 4) is 11.5 Å². The van der Waals surface area contributed by atoms with Gasteiger partial charge in [-0.3, -0.25) is 9.32 Å². The molecule has 0 spiro atoms.